The quantitative estimate of drug-likeness (QED) is 0.662. The first-order chi connectivity index (χ1) is 15.4. The maximum absolute atomic E-state index is 12.8. The standard InChI is InChI=1S/C21H26N4O4S3/c1-15-12-16(21(27)24-4-8-30-9-5-24)2-3-18(15)23-20(26)19-13-17(14-22-19)32(28,29)25-6-10-31-11-7-25/h2-3,12-14,22H,4-11H2,1H3,(H,23,26). The number of hydrogen-bond donors (Lipinski definition) is 2. The van der Waals surface area contributed by atoms with Gasteiger partial charge < -0.3 is 15.2 Å². The number of carbonyl (C=O) groups is 2. The lowest BCUT2D eigenvalue weighted by Gasteiger charge is -2.26. The number of thioether (sulfide) groups is 2. The Morgan fingerprint density at radius 3 is 2.31 bits per heavy atom. The highest BCUT2D eigenvalue weighted by atomic mass is 32.2. The van der Waals surface area contributed by atoms with E-state index in [0.29, 0.717) is 24.3 Å². The molecule has 2 aliphatic rings. The van der Waals surface area contributed by atoms with E-state index in [1.54, 1.807) is 30.0 Å². The van der Waals surface area contributed by atoms with Gasteiger partial charge in [0.1, 0.15) is 10.6 Å². The summed E-state index contributed by atoms with van der Waals surface area (Å²) in [7, 11) is -3.62. The molecule has 4 rings (SSSR count). The van der Waals surface area contributed by atoms with Crippen LogP contribution in [-0.4, -0.2) is 83.6 Å². The van der Waals surface area contributed by atoms with E-state index in [1.165, 1.54) is 16.6 Å². The molecule has 8 nitrogen and oxygen atoms in total. The molecule has 1 aromatic carbocycles. The molecule has 3 heterocycles. The normalized spacial score (nSPS) is 17.8. The van der Waals surface area contributed by atoms with Crippen molar-refractivity contribution in [3.8, 4) is 0 Å². The summed E-state index contributed by atoms with van der Waals surface area (Å²) in [6.45, 7) is 4.27. The van der Waals surface area contributed by atoms with Gasteiger partial charge in [0.25, 0.3) is 11.8 Å². The van der Waals surface area contributed by atoms with E-state index in [0.717, 1.165) is 41.7 Å². The van der Waals surface area contributed by atoms with Crippen molar-refractivity contribution in [3.05, 3.63) is 47.3 Å². The van der Waals surface area contributed by atoms with E-state index in [-0.39, 0.29) is 16.5 Å². The van der Waals surface area contributed by atoms with Crippen molar-refractivity contribution in [2.24, 2.45) is 0 Å². The number of nitrogens with one attached hydrogen (secondary N) is 2. The minimum Gasteiger partial charge on any atom is -0.356 e. The smallest absolute Gasteiger partial charge is 0.272 e. The van der Waals surface area contributed by atoms with Gasteiger partial charge in [0.15, 0.2) is 0 Å². The number of carbonyl (C=O) groups excluding carboxylic acids is 2. The number of H-pyrrole nitrogens is 1. The van der Waals surface area contributed by atoms with Gasteiger partial charge in [-0.2, -0.15) is 27.8 Å². The summed E-state index contributed by atoms with van der Waals surface area (Å²) in [6.07, 6.45) is 1.36. The van der Waals surface area contributed by atoms with Gasteiger partial charge in [0, 0.05) is 66.6 Å². The molecule has 2 aliphatic heterocycles. The van der Waals surface area contributed by atoms with Crippen LogP contribution < -0.4 is 5.32 Å². The first-order valence-electron chi connectivity index (χ1n) is 10.4. The highest BCUT2D eigenvalue weighted by molar-refractivity contribution is 7.99. The Kier molecular flexibility index (Phi) is 7.18. The Morgan fingerprint density at radius 2 is 1.66 bits per heavy atom. The van der Waals surface area contributed by atoms with E-state index in [2.05, 4.69) is 10.3 Å². The first-order valence-corrected chi connectivity index (χ1v) is 14.2. The van der Waals surface area contributed by atoms with Crippen LogP contribution in [0.25, 0.3) is 0 Å². The molecule has 1 aromatic heterocycles. The Bertz CT molecular complexity index is 1100. The summed E-state index contributed by atoms with van der Waals surface area (Å²) >= 11 is 3.58. The summed E-state index contributed by atoms with van der Waals surface area (Å²) in [6, 6.07) is 6.57. The van der Waals surface area contributed by atoms with E-state index in [4.69, 9.17) is 0 Å². The zero-order valence-electron chi connectivity index (χ0n) is 17.8. The molecule has 0 unspecified atom stereocenters. The van der Waals surface area contributed by atoms with Crippen LogP contribution in [0.3, 0.4) is 0 Å². The maximum Gasteiger partial charge on any atom is 0.272 e. The molecule has 2 aromatic rings. The number of aromatic nitrogens is 1. The number of aryl methyl sites for hydroxylation is 1. The minimum atomic E-state index is -3.62. The molecule has 11 heteroatoms. The highest BCUT2D eigenvalue weighted by Gasteiger charge is 2.28. The van der Waals surface area contributed by atoms with Crippen LogP contribution in [0.5, 0.6) is 0 Å². The molecule has 172 valence electrons. The molecule has 2 N–H and O–H groups in total. The molecule has 0 saturated carbocycles. The molecule has 2 fully saturated rings. The fourth-order valence-corrected chi connectivity index (χ4v) is 7.14. The monoisotopic (exact) mass is 494 g/mol. The van der Waals surface area contributed by atoms with Crippen LogP contribution in [0.4, 0.5) is 5.69 Å². The van der Waals surface area contributed by atoms with E-state index < -0.39 is 15.9 Å². The number of nitrogens with zero attached hydrogens (tertiary/aromatic N) is 2. The Labute approximate surface area is 196 Å². The number of aromatic amines is 1. The van der Waals surface area contributed by atoms with Crippen molar-refractivity contribution in [1.29, 1.82) is 0 Å². The molecular formula is C21H26N4O4S3. The molecular weight excluding hydrogens is 468 g/mol. The molecule has 0 radical (unpaired) electrons. The second-order valence-corrected chi connectivity index (χ2v) is 12.0. The van der Waals surface area contributed by atoms with Gasteiger partial charge in [-0.3, -0.25) is 9.59 Å². The van der Waals surface area contributed by atoms with Crippen molar-refractivity contribution in [2.45, 2.75) is 11.8 Å². The van der Waals surface area contributed by atoms with Gasteiger partial charge in [0.05, 0.1) is 0 Å². The van der Waals surface area contributed by atoms with E-state index in [1.807, 2.05) is 23.6 Å². The Hall–Kier alpha value is -1.95. The number of benzene rings is 1. The maximum atomic E-state index is 12.8. The number of anilines is 1. The van der Waals surface area contributed by atoms with Crippen molar-refractivity contribution in [1.82, 2.24) is 14.2 Å². The van der Waals surface area contributed by atoms with Crippen LogP contribution in [0.15, 0.2) is 35.4 Å². The van der Waals surface area contributed by atoms with Crippen LogP contribution in [0.2, 0.25) is 0 Å². The predicted molar refractivity (Wildman–Crippen MR) is 129 cm³/mol. The lowest BCUT2D eigenvalue weighted by atomic mass is 10.1. The summed E-state index contributed by atoms with van der Waals surface area (Å²) in [5, 5.41) is 2.81. The minimum absolute atomic E-state index is 0.00149. The largest absolute Gasteiger partial charge is 0.356 e. The molecule has 2 amide bonds. The van der Waals surface area contributed by atoms with Gasteiger partial charge in [-0.1, -0.05) is 0 Å². The number of sulfonamides is 1. The van der Waals surface area contributed by atoms with Gasteiger partial charge >= 0.3 is 0 Å². The van der Waals surface area contributed by atoms with Gasteiger partial charge in [-0.25, -0.2) is 8.42 Å². The number of amides is 2. The average Bonchev–Trinajstić information content (AvgIpc) is 3.32. The summed E-state index contributed by atoms with van der Waals surface area (Å²) in [5.74, 6) is 3.00. The fraction of sp³-hybridized carbons (Fsp3) is 0.429. The predicted octanol–water partition coefficient (Wildman–Crippen LogP) is 2.50. The third-order valence-electron chi connectivity index (χ3n) is 5.53. The second-order valence-electron chi connectivity index (χ2n) is 7.65. The first kappa shape index (κ1) is 23.2. The van der Waals surface area contributed by atoms with Crippen LogP contribution in [0, 0.1) is 6.92 Å². The van der Waals surface area contributed by atoms with Crippen molar-refractivity contribution >= 4 is 51.0 Å². The van der Waals surface area contributed by atoms with Gasteiger partial charge in [0.2, 0.25) is 10.0 Å². The molecule has 0 atom stereocenters. The lowest BCUT2D eigenvalue weighted by Crippen LogP contribution is -2.37. The Morgan fingerprint density at radius 1 is 1.00 bits per heavy atom. The fourth-order valence-electron chi connectivity index (χ4n) is 3.67. The number of hydrogen-bond acceptors (Lipinski definition) is 6. The van der Waals surface area contributed by atoms with Crippen LogP contribution >= 0.6 is 23.5 Å². The third kappa shape index (κ3) is 5.00. The third-order valence-corrected chi connectivity index (χ3v) is 9.29. The van der Waals surface area contributed by atoms with Gasteiger partial charge in [-0.05, 0) is 36.8 Å². The Balaban J connectivity index is 1.44. The van der Waals surface area contributed by atoms with Crippen molar-refractivity contribution in [3.63, 3.8) is 0 Å². The second kappa shape index (κ2) is 9.90. The summed E-state index contributed by atoms with van der Waals surface area (Å²) in [5.41, 5.74) is 2.11. The molecule has 0 bridgehead atoms. The van der Waals surface area contributed by atoms with E-state index >= 15 is 0 Å². The van der Waals surface area contributed by atoms with Crippen LogP contribution in [-0.2, 0) is 10.0 Å². The molecule has 32 heavy (non-hydrogen) atoms. The number of rotatable bonds is 5. The summed E-state index contributed by atoms with van der Waals surface area (Å²) in [4.78, 5) is 30.1. The zero-order chi connectivity index (χ0) is 22.7. The van der Waals surface area contributed by atoms with Crippen LogP contribution in [0.1, 0.15) is 26.4 Å². The highest BCUT2D eigenvalue weighted by Crippen LogP contribution is 2.23. The lowest BCUT2D eigenvalue weighted by molar-refractivity contribution is 0.0772. The van der Waals surface area contributed by atoms with Gasteiger partial charge in [-0.15, -0.1) is 0 Å². The average molecular weight is 495 g/mol. The molecule has 0 spiro atoms. The zero-order valence-corrected chi connectivity index (χ0v) is 20.2. The summed E-state index contributed by atoms with van der Waals surface area (Å²) < 4.78 is 27.0. The topological polar surface area (TPSA) is 103 Å². The van der Waals surface area contributed by atoms with E-state index in [9.17, 15) is 18.0 Å². The van der Waals surface area contributed by atoms with Crippen molar-refractivity contribution in [2.75, 3.05) is 54.5 Å². The molecule has 2 saturated heterocycles. The molecule has 0 aliphatic carbocycles. The SMILES string of the molecule is Cc1cc(C(=O)N2CCSCC2)ccc1NC(=O)c1cc(S(=O)(=O)N2CCSCC2)c[nH]1. The van der Waals surface area contributed by atoms with Crippen molar-refractivity contribution < 1.29 is 18.0 Å².